The molecule has 5 heteroatoms. The summed E-state index contributed by atoms with van der Waals surface area (Å²) in [6.07, 6.45) is 5.66. The first kappa shape index (κ1) is 13.4. The fourth-order valence-electron chi connectivity index (χ4n) is 3.12. The van der Waals surface area contributed by atoms with Crippen molar-refractivity contribution in [2.24, 2.45) is 0 Å². The van der Waals surface area contributed by atoms with E-state index in [2.05, 4.69) is 41.2 Å². The van der Waals surface area contributed by atoms with Gasteiger partial charge in [0.15, 0.2) is 0 Å². The molecule has 2 N–H and O–H groups in total. The van der Waals surface area contributed by atoms with Gasteiger partial charge >= 0.3 is 0 Å². The number of nitrogens with zero attached hydrogens (tertiary/aromatic N) is 3. The molecule has 1 fully saturated rings. The Morgan fingerprint density at radius 1 is 1.35 bits per heavy atom. The van der Waals surface area contributed by atoms with Gasteiger partial charge in [-0.1, -0.05) is 6.42 Å². The summed E-state index contributed by atoms with van der Waals surface area (Å²) in [6.45, 7) is 8.30. The molecule has 20 heavy (non-hydrogen) atoms. The molecule has 5 nitrogen and oxygen atoms in total. The largest absolute Gasteiger partial charge is 0.341 e. The van der Waals surface area contributed by atoms with Gasteiger partial charge in [-0.15, -0.1) is 0 Å². The van der Waals surface area contributed by atoms with Crippen LogP contribution in [0.15, 0.2) is 6.20 Å². The van der Waals surface area contributed by atoms with Gasteiger partial charge < -0.3 is 10.3 Å². The zero-order valence-electron chi connectivity index (χ0n) is 12.5. The summed E-state index contributed by atoms with van der Waals surface area (Å²) in [5, 5.41) is 8.11. The van der Waals surface area contributed by atoms with Crippen LogP contribution in [0.2, 0.25) is 0 Å². The van der Waals surface area contributed by atoms with Gasteiger partial charge in [-0.2, -0.15) is 5.10 Å². The maximum absolute atomic E-state index is 4.58. The van der Waals surface area contributed by atoms with Gasteiger partial charge in [0.05, 0.1) is 23.6 Å². The van der Waals surface area contributed by atoms with Crippen molar-refractivity contribution >= 4 is 0 Å². The van der Waals surface area contributed by atoms with E-state index in [9.17, 15) is 0 Å². The highest BCUT2D eigenvalue weighted by Crippen LogP contribution is 2.28. The Labute approximate surface area is 119 Å². The summed E-state index contributed by atoms with van der Waals surface area (Å²) in [7, 11) is 0. The number of hydrogen-bond acceptors (Lipinski definition) is 3. The molecule has 3 rings (SSSR count). The zero-order chi connectivity index (χ0) is 14.1. The number of rotatable bonds is 3. The zero-order valence-corrected chi connectivity index (χ0v) is 12.5. The van der Waals surface area contributed by atoms with E-state index in [0.717, 1.165) is 30.3 Å². The highest BCUT2D eigenvalue weighted by Gasteiger charge is 2.20. The Bertz CT molecular complexity index is 589. The van der Waals surface area contributed by atoms with Crippen molar-refractivity contribution in [1.82, 2.24) is 25.1 Å². The molecule has 0 saturated carbocycles. The van der Waals surface area contributed by atoms with Crippen LogP contribution in [-0.4, -0.2) is 26.3 Å². The average molecular weight is 273 g/mol. The monoisotopic (exact) mass is 273 g/mol. The number of aryl methyl sites for hydroxylation is 2. The van der Waals surface area contributed by atoms with Crippen molar-refractivity contribution in [2.45, 2.75) is 52.6 Å². The number of imidazole rings is 1. The molecule has 2 aromatic rings. The minimum Gasteiger partial charge on any atom is -0.341 e. The number of piperidine rings is 1. The molecule has 1 unspecified atom stereocenters. The average Bonchev–Trinajstić information content (AvgIpc) is 3.04. The number of nitrogens with one attached hydrogen (secondary N) is 2. The number of aromatic nitrogens is 4. The highest BCUT2D eigenvalue weighted by molar-refractivity contribution is 5.64. The maximum atomic E-state index is 4.58. The van der Waals surface area contributed by atoms with E-state index in [1.807, 2.05) is 10.9 Å². The van der Waals surface area contributed by atoms with Gasteiger partial charge in [0.25, 0.3) is 0 Å². The predicted molar refractivity (Wildman–Crippen MR) is 79.6 cm³/mol. The van der Waals surface area contributed by atoms with E-state index in [1.54, 1.807) is 0 Å². The first-order valence-electron chi connectivity index (χ1n) is 7.53. The maximum Gasteiger partial charge on any atom is 0.123 e. The van der Waals surface area contributed by atoms with Crippen molar-refractivity contribution in [1.29, 1.82) is 0 Å². The molecule has 0 spiro atoms. The minimum atomic E-state index is 0.374. The summed E-state index contributed by atoms with van der Waals surface area (Å²) in [5.74, 6) is 1.06. The molecular weight excluding hydrogens is 250 g/mol. The summed E-state index contributed by atoms with van der Waals surface area (Å²) >= 11 is 0. The number of H-pyrrole nitrogens is 1. The molecule has 0 amide bonds. The summed E-state index contributed by atoms with van der Waals surface area (Å²) < 4.78 is 2.05. The molecule has 3 heterocycles. The fraction of sp³-hybridized carbons (Fsp3) is 0.600. The van der Waals surface area contributed by atoms with Gasteiger partial charge in [-0.25, -0.2) is 4.98 Å². The first-order valence-corrected chi connectivity index (χ1v) is 7.53. The van der Waals surface area contributed by atoms with Crippen molar-refractivity contribution in [3.8, 4) is 11.3 Å². The van der Waals surface area contributed by atoms with Crippen LogP contribution in [0.4, 0.5) is 0 Å². The van der Waals surface area contributed by atoms with Crippen LogP contribution in [0.3, 0.4) is 0 Å². The Morgan fingerprint density at radius 3 is 2.85 bits per heavy atom. The van der Waals surface area contributed by atoms with Crippen molar-refractivity contribution in [3.05, 3.63) is 23.4 Å². The van der Waals surface area contributed by atoms with E-state index < -0.39 is 0 Å². The first-order chi connectivity index (χ1) is 9.70. The lowest BCUT2D eigenvalue weighted by molar-refractivity contribution is 0.399. The third-order valence-corrected chi connectivity index (χ3v) is 4.19. The SMILES string of the molecule is CCn1nc(C)c(-c2cnc(C3CCCCN3)[nH]2)c1C. The van der Waals surface area contributed by atoms with Gasteiger partial charge in [0, 0.05) is 17.8 Å². The van der Waals surface area contributed by atoms with Crippen LogP contribution in [0, 0.1) is 13.8 Å². The molecule has 0 aromatic carbocycles. The smallest absolute Gasteiger partial charge is 0.123 e. The Hall–Kier alpha value is -1.62. The number of hydrogen-bond donors (Lipinski definition) is 2. The molecule has 1 aliphatic rings. The van der Waals surface area contributed by atoms with E-state index in [0.29, 0.717) is 6.04 Å². The van der Waals surface area contributed by atoms with Crippen LogP contribution < -0.4 is 5.32 Å². The normalized spacial score (nSPS) is 19.4. The minimum absolute atomic E-state index is 0.374. The quantitative estimate of drug-likeness (QED) is 0.904. The van der Waals surface area contributed by atoms with Crippen LogP contribution in [0.25, 0.3) is 11.3 Å². The van der Waals surface area contributed by atoms with Gasteiger partial charge in [0.1, 0.15) is 5.82 Å². The summed E-state index contributed by atoms with van der Waals surface area (Å²) in [6, 6.07) is 0.374. The third-order valence-electron chi connectivity index (χ3n) is 4.19. The molecule has 0 aliphatic carbocycles. The topological polar surface area (TPSA) is 58.5 Å². The van der Waals surface area contributed by atoms with E-state index in [-0.39, 0.29) is 0 Å². The third kappa shape index (κ3) is 2.26. The van der Waals surface area contributed by atoms with Crippen LogP contribution >= 0.6 is 0 Å². The second-order valence-corrected chi connectivity index (χ2v) is 5.55. The van der Waals surface area contributed by atoms with Gasteiger partial charge in [-0.05, 0) is 40.2 Å². The van der Waals surface area contributed by atoms with Crippen LogP contribution in [0.5, 0.6) is 0 Å². The lowest BCUT2D eigenvalue weighted by Crippen LogP contribution is -2.27. The lowest BCUT2D eigenvalue weighted by Gasteiger charge is -2.21. The predicted octanol–water partition coefficient (Wildman–Crippen LogP) is 2.72. The highest BCUT2D eigenvalue weighted by atomic mass is 15.3. The number of aromatic amines is 1. The van der Waals surface area contributed by atoms with E-state index in [1.165, 1.54) is 30.5 Å². The molecule has 2 aromatic heterocycles. The Morgan fingerprint density at radius 2 is 2.20 bits per heavy atom. The van der Waals surface area contributed by atoms with Gasteiger partial charge in [-0.3, -0.25) is 4.68 Å². The van der Waals surface area contributed by atoms with Crippen molar-refractivity contribution in [2.75, 3.05) is 6.54 Å². The van der Waals surface area contributed by atoms with Crippen LogP contribution in [-0.2, 0) is 6.54 Å². The van der Waals surface area contributed by atoms with Crippen molar-refractivity contribution < 1.29 is 0 Å². The molecular formula is C15H23N5. The van der Waals surface area contributed by atoms with Crippen LogP contribution in [0.1, 0.15) is 49.4 Å². The standard InChI is InChI=1S/C15H23N5/c1-4-20-11(3)14(10(2)19-20)13-9-17-15(18-13)12-7-5-6-8-16-12/h9,12,16H,4-8H2,1-3H3,(H,17,18). The Balaban J connectivity index is 1.91. The summed E-state index contributed by atoms with van der Waals surface area (Å²) in [4.78, 5) is 8.07. The van der Waals surface area contributed by atoms with E-state index >= 15 is 0 Å². The Kier molecular flexibility index (Phi) is 3.61. The lowest BCUT2D eigenvalue weighted by atomic mass is 10.0. The molecule has 1 aliphatic heterocycles. The van der Waals surface area contributed by atoms with Gasteiger partial charge in [0.2, 0.25) is 0 Å². The summed E-state index contributed by atoms with van der Waals surface area (Å²) in [5.41, 5.74) is 4.55. The fourth-order valence-corrected chi connectivity index (χ4v) is 3.12. The molecule has 0 bridgehead atoms. The molecule has 0 radical (unpaired) electrons. The van der Waals surface area contributed by atoms with E-state index in [4.69, 9.17) is 0 Å². The molecule has 1 atom stereocenters. The molecule has 108 valence electrons. The second-order valence-electron chi connectivity index (χ2n) is 5.55. The second kappa shape index (κ2) is 5.40. The molecule has 1 saturated heterocycles. The van der Waals surface area contributed by atoms with Crippen molar-refractivity contribution in [3.63, 3.8) is 0 Å².